The van der Waals surface area contributed by atoms with Crippen molar-refractivity contribution in [3.05, 3.63) is 30.4 Å². The second-order valence-electron chi connectivity index (χ2n) is 7.85. The maximum atomic E-state index is 12.5. The summed E-state index contributed by atoms with van der Waals surface area (Å²) in [5.74, 6) is 1.47. The Morgan fingerprint density at radius 2 is 1.96 bits per heavy atom. The van der Waals surface area contributed by atoms with Crippen LogP contribution in [-0.4, -0.2) is 58.3 Å². The van der Waals surface area contributed by atoms with Crippen molar-refractivity contribution in [3.8, 4) is 17.1 Å². The van der Waals surface area contributed by atoms with E-state index >= 15 is 0 Å². The molecule has 8 nitrogen and oxygen atoms in total. The zero-order valence-electron chi connectivity index (χ0n) is 15.9. The minimum absolute atomic E-state index is 0.150. The first-order valence-electron chi connectivity index (χ1n) is 9.69. The lowest BCUT2D eigenvalue weighted by molar-refractivity contribution is -0.114. The fraction of sp³-hybridized carbons (Fsp3) is 0.579. The van der Waals surface area contributed by atoms with E-state index in [4.69, 9.17) is 9.47 Å². The number of fused-ring (bicyclic) bond motifs is 1. The number of rotatable bonds is 4. The van der Waals surface area contributed by atoms with Gasteiger partial charge in [0.1, 0.15) is 12.4 Å². The van der Waals surface area contributed by atoms with Crippen molar-refractivity contribution in [1.82, 2.24) is 18.8 Å². The Hall–Kier alpha value is -1.97. The maximum Gasteiger partial charge on any atom is 0.216 e. The highest BCUT2D eigenvalue weighted by Gasteiger charge is 2.46. The molecule has 4 heterocycles. The lowest BCUT2D eigenvalue weighted by atomic mass is 9.91. The quantitative estimate of drug-likeness (QED) is 0.773. The Kier molecular flexibility index (Phi) is 4.22. The molecular formula is C19H24N4O4S. The van der Waals surface area contributed by atoms with E-state index in [1.165, 1.54) is 0 Å². The van der Waals surface area contributed by atoms with Gasteiger partial charge in [-0.1, -0.05) is 0 Å². The lowest BCUT2D eigenvalue weighted by Gasteiger charge is -2.44. The average molecular weight is 404 g/mol. The summed E-state index contributed by atoms with van der Waals surface area (Å²) in [5, 5.41) is -0.150. The third-order valence-electron chi connectivity index (χ3n) is 6.07. The third kappa shape index (κ3) is 3.01. The number of piperidine rings is 1. The SMILES string of the molecule is COc1ccc(-c2cnc3n2CC2(CCN(S(=O)(=O)C4CC4)CC2)OC3)cn1. The molecule has 28 heavy (non-hydrogen) atoms. The van der Waals surface area contributed by atoms with Gasteiger partial charge < -0.3 is 14.0 Å². The minimum atomic E-state index is -3.11. The molecule has 2 fully saturated rings. The molecule has 0 N–H and O–H groups in total. The van der Waals surface area contributed by atoms with Crippen molar-refractivity contribution < 1.29 is 17.9 Å². The molecule has 1 spiro atoms. The van der Waals surface area contributed by atoms with E-state index in [2.05, 4.69) is 14.5 Å². The van der Waals surface area contributed by atoms with Crippen LogP contribution in [-0.2, 0) is 27.9 Å². The van der Waals surface area contributed by atoms with Crippen LogP contribution in [0, 0.1) is 0 Å². The van der Waals surface area contributed by atoms with Gasteiger partial charge in [-0.2, -0.15) is 0 Å². The first-order chi connectivity index (χ1) is 13.5. The zero-order valence-corrected chi connectivity index (χ0v) is 16.7. The van der Waals surface area contributed by atoms with Crippen molar-refractivity contribution in [1.29, 1.82) is 0 Å². The molecule has 2 aromatic rings. The molecule has 0 unspecified atom stereocenters. The molecule has 1 saturated carbocycles. The van der Waals surface area contributed by atoms with Crippen LogP contribution in [0.15, 0.2) is 24.5 Å². The van der Waals surface area contributed by atoms with Crippen LogP contribution in [0.2, 0.25) is 0 Å². The predicted octanol–water partition coefficient (Wildman–Crippen LogP) is 1.81. The number of hydrogen-bond acceptors (Lipinski definition) is 6. The summed E-state index contributed by atoms with van der Waals surface area (Å²) >= 11 is 0. The predicted molar refractivity (Wildman–Crippen MR) is 102 cm³/mol. The molecule has 9 heteroatoms. The van der Waals surface area contributed by atoms with Gasteiger partial charge in [0.25, 0.3) is 0 Å². The summed E-state index contributed by atoms with van der Waals surface area (Å²) in [7, 11) is -1.52. The highest BCUT2D eigenvalue weighted by atomic mass is 32.2. The molecule has 0 radical (unpaired) electrons. The van der Waals surface area contributed by atoms with E-state index in [1.54, 1.807) is 17.6 Å². The van der Waals surface area contributed by atoms with Crippen LogP contribution >= 0.6 is 0 Å². The standard InChI is InChI=1S/C19H24N4O4S/c1-26-18-5-2-14(10-21-18)16-11-20-17-12-27-19(13-23(16)17)6-8-22(9-7-19)28(24,25)15-3-4-15/h2,5,10-11,15H,3-4,6-9,12-13H2,1H3. The third-order valence-corrected chi connectivity index (χ3v) is 8.47. The van der Waals surface area contributed by atoms with Crippen molar-refractivity contribution in [3.63, 3.8) is 0 Å². The van der Waals surface area contributed by atoms with Gasteiger partial charge >= 0.3 is 0 Å². The van der Waals surface area contributed by atoms with Crippen LogP contribution in [0.25, 0.3) is 11.3 Å². The number of nitrogens with zero attached hydrogens (tertiary/aromatic N) is 4. The smallest absolute Gasteiger partial charge is 0.216 e. The number of aromatic nitrogens is 3. The van der Waals surface area contributed by atoms with Crippen molar-refractivity contribution in [2.24, 2.45) is 0 Å². The lowest BCUT2D eigenvalue weighted by Crippen LogP contribution is -2.52. The van der Waals surface area contributed by atoms with Gasteiger partial charge in [-0.3, -0.25) is 0 Å². The van der Waals surface area contributed by atoms with Gasteiger partial charge in [0.2, 0.25) is 15.9 Å². The van der Waals surface area contributed by atoms with E-state index in [-0.39, 0.29) is 10.9 Å². The van der Waals surface area contributed by atoms with Crippen LogP contribution in [0.4, 0.5) is 0 Å². The molecule has 150 valence electrons. The van der Waals surface area contributed by atoms with Crippen LogP contribution < -0.4 is 4.74 Å². The molecule has 2 aromatic heterocycles. The number of sulfonamides is 1. The highest BCUT2D eigenvalue weighted by Crippen LogP contribution is 2.38. The van der Waals surface area contributed by atoms with Crippen LogP contribution in [0.5, 0.6) is 5.88 Å². The molecule has 3 aliphatic rings. The Labute approximate surface area is 164 Å². The van der Waals surface area contributed by atoms with E-state index in [9.17, 15) is 8.42 Å². The number of hydrogen-bond donors (Lipinski definition) is 0. The van der Waals surface area contributed by atoms with E-state index in [0.29, 0.717) is 45.0 Å². The first-order valence-corrected chi connectivity index (χ1v) is 11.2. The molecule has 0 bridgehead atoms. The monoisotopic (exact) mass is 404 g/mol. The Balaban J connectivity index is 1.36. The van der Waals surface area contributed by atoms with E-state index in [1.807, 2.05) is 18.3 Å². The molecular weight excluding hydrogens is 380 g/mol. The molecule has 5 rings (SSSR count). The fourth-order valence-corrected chi connectivity index (χ4v) is 6.01. The number of ether oxygens (including phenoxy) is 2. The fourth-order valence-electron chi connectivity index (χ4n) is 4.17. The summed E-state index contributed by atoms with van der Waals surface area (Å²) in [6, 6.07) is 3.81. The Morgan fingerprint density at radius 3 is 2.61 bits per heavy atom. The summed E-state index contributed by atoms with van der Waals surface area (Å²) in [6.45, 7) is 2.19. The molecule has 0 amide bonds. The van der Waals surface area contributed by atoms with Gasteiger partial charge in [-0.25, -0.2) is 22.7 Å². The van der Waals surface area contributed by atoms with E-state index in [0.717, 1.165) is 29.9 Å². The second-order valence-corrected chi connectivity index (χ2v) is 10.1. The van der Waals surface area contributed by atoms with E-state index < -0.39 is 10.0 Å². The maximum absolute atomic E-state index is 12.5. The summed E-state index contributed by atoms with van der Waals surface area (Å²) in [5.41, 5.74) is 1.64. The van der Waals surface area contributed by atoms with Crippen molar-refractivity contribution >= 4 is 10.0 Å². The first kappa shape index (κ1) is 18.1. The van der Waals surface area contributed by atoms with Crippen LogP contribution in [0.3, 0.4) is 0 Å². The molecule has 0 aromatic carbocycles. The summed E-state index contributed by atoms with van der Waals surface area (Å²) in [4.78, 5) is 8.81. The van der Waals surface area contributed by atoms with Gasteiger partial charge in [0, 0.05) is 30.9 Å². The molecule has 1 saturated heterocycles. The second kappa shape index (κ2) is 6.53. The molecule has 0 atom stereocenters. The Morgan fingerprint density at radius 1 is 1.18 bits per heavy atom. The van der Waals surface area contributed by atoms with Gasteiger partial charge in [-0.05, 0) is 31.7 Å². The normalized spacial score (nSPS) is 22.2. The zero-order chi connectivity index (χ0) is 19.4. The minimum Gasteiger partial charge on any atom is -0.481 e. The molecule has 1 aliphatic carbocycles. The van der Waals surface area contributed by atoms with Crippen molar-refractivity contribution in [2.45, 2.75) is 49.7 Å². The number of methoxy groups -OCH3 is 1. The number of imidazole rings is 1. The van der Waals surface area contributed by atoms with Gasteiger partial charge in [0.05, 0.1) is 36.4 Å². The average Bonchev–Trinajstić information content (AvgIpc) is 3.50. The highest BCUT2D eigenvalue weighted by molar-refractivity contribution is 7.90. The largest absolute Gasteiger partial charge is 0.481 e. The summed E-state index contributed by atoms with van der Waals surface area (Å²) in [6.07, 6.45) is 6.66. The van der Waals surface area contributed by atoms with Crippen molar-refractivity contribution in [2.75, 3.05) is 20.2 Å². The van der Waals surface area contributed by atoms with Gasteiger partial charge in [0.15, 0.2) is 0 Å². The van der Waals surface area contributed by atoms with Crippen LogP contribution in [0.1, 0.15) is 31.5 Å². The molecule has 2 aliphatic heterocycles. The van der Waals surface area contributed by atoms with Gasteiger partial charge in [-0.15, -0.1) is 0 Å². The number of pyridine rings is 1. The Bertz CT molecular complexity index is 974. The summed E-state index contributed by atoms with van der Waals surface area (Å²) < 4.78 is 40.3. The topological polar surface area (TPSA) is 86.6 Å².